The highest BCUT2D eigenvalue weighted by atomic mass is 32.1. The summed E-state index contributed by atoms with van der Waals surface area (Å²) < 4.78 is 0.992. The lowest BCUT2D eigenvalue weighted by atomic mass is 10.1. The Morgan fingerprint density at radius 3 is 2.88 bits per heavy atom. The molecular formula is C19H17N3O2S. The van der Waals surface area contributed by atoms with E-state index < -0.39 is 0 Å². The van der Waals surface area contributed by atoms with E-state index >= 15 is 0 Å². The second kappa shape index (κ2) is 6.29. The topological polar surface area (TPSA) is 62.3 Å². The number of amides is 2. The van der Waals surface area contributed by atoms with Crippen LogP contribution in [0.5, 0.6) is 0 Å². The van der Waals surface area contributed by atoms with Crippen LogP contribution in [0.15, 0.2) is 42.7 Å². The number of rotatable bonds is 3. The van der Waals surface area contributed by atoms with Crippen LogP contribution >= 0.6 is 11.3 Å². The molecule has 0 unspecified atom stereocenters. The molecule has 126 valence electrons. The quantitative estimate of drug-likeness (QED) is 0.776. The molecule has 2 amide bonds. The fourth-order valence-electron chi connectivity index (χ4n) is 3.13. The maximum Gasteiger partial charge on any atom is 0.265 e. The van der Waals surface area contributed by atoms with Gasteiger partial charge in [-0.1, -0.05) is 0 Å². The number of nitrogens with one attached hydrogen (secondary N) is 1. The molecule has 1 aliphatic rings. The first-order valence-electron chi connectivity index (χ1n) is 8.18. The van der Waals surface area contributed by atoms with Gasteiger partial charge >= 0.3 is 0 Å². The molecule has 0 aliphatic carbocycles. The van der Waals surface area contributed by atoms with Gasteiger partial charge < -0.3 is 10.2 Å². The molecular weight excluding hydrogens is 334 g/mol. The van der Waals surface area contributed by atoms with Crippen LogP contribution in [0.2, 0.25) is 0 Å². The summed E-state index contributed by atoms with van der Waals surface area (Å²) in [6.45, 7) is 2.73. The summed E-state index contributed by atoms with van der Waals surface area (Å²) in [5.74, 6) is 0.0318. The van der Waals surface area contributed by atoms with Crippen LogP contribution in [0.3, 0.4) is 0 Å². The molecule has 1 aliphatic heterocycles. The molecule has 1 aromatic carbocycles. The fraction of sp³-hybridized carbons (Fsp3) is 0.211. The number of carbonyl (C=O) groups excluding carboxylic acids is 2. The predicted octanol–water partition coefficient (Wildman–Crippen LogP) is 3.98. The number of aromatic nitrogens is 1. The normalized spacial score (nSPS) is 14.3. The van der Waals surface area contributed by atoms with Crippen molar-refractivity contribution < 1.29 is 9.59 Å². The van der Waals surface area contributed by atoms with Crippen molar-refractivity contribution in [1.29, 1.82) is 0 Å². The monoisotopic (exact) mass is 351 g/mol. The van der Waals surface area contributed by atoms with Gasteiger partial charge in [-0.15, -0.1) is 11.3 Å². The molecule has 25 heavy (non-hydrogen) atoms. The number of aryl methyl sites for hydroxylation is 1. The molecule has 0 spiro atoms. The zero-order valence-electron chi connectivity index (χ0n) is 13.8. The molecule has 0 radical (unpaired) electrons. The van der Waals surface area contributed by atoms with Gasteiger partial charge in [-0.2, -0.15) is 0 Å². The zero-order chi connectivity index (χ0) is 17.4. The molecule has 0 bridgehead atoms. The fourth-order valence-corrected chi connectivity index (χ4v) is 4.05. The van der Waals surface area contributed by atoms with Crippen LogP contribution < -0.4 is 10.2 Å². The maximum atomic E-state index is 12.5. The number of anilines is 2. The molecule has 0 saturated carbocycles. The predicted molar refractivity (Wildman–Crippen MR) is 100 cm³/mol. The van der Waals surface area contributed by atoms with E-state index in [0.717, 1.165) is 40.0 Å². The van der Waals surface area contributed by atoms with Crippen molar-refractivity contribution in [3.05, 3.63) is 53.2 Å². The van der Waals surface area contributed by atoms with Crippen LogP contribution in [0, 0.1) is 6.92 Å². The Kier molecular flexibility index (Phi) is 3.97. The first-order valence-corrected chi connectivity index (χ1v) is 8.99. The molecule has 1 saturated heterocycles. The summed E-state index contributed by atoms with van der Waals surface area (Å²) in [6, 6.07) is 9.44. The number of hydrogen-bond donors (Lipinski definition) is 1. The molecule has 3 heterocycles. The van der Waals surface area contributed by atoms with Gasteiger partial charge in [0.05, 0.1) is 9.58 Å². The van der Waals surface area contributed by atoms with Gasteiger partial charge in [0.2, 0.25) is 5.91 Å². The molecule has 5 nitrogen and oxygen atoms in total. The Labute approximate surface area is 149 Å². The van der Waals surface area contributed by atoms with Crippen molar-refractivity contribution in [2.24, 2.45) is 0 Å². The third-order valence-electron chi connectivity index (χ3n) is 4.37. The van der Waals surface area contributed by atoms with Gasteiger partial charge in [-0.05, 0) is 54.6 Å². The van der Waals surface area contributed by atoms with Crippen LogP contribution in [-0.2, 0) is 4.79 Å². The Hall–Kier alpha value is -2.73. The average molecular weight is 351 g/mol. The van der Waals surface area contributed by atoms with Gasteiger partial charge in [-0.3, -0.25) is 14.6 Å². The molecule has 3 aromatic rings. The summed E-state index contributed by atoms with van der Waals surface area (Å²) in [4.78, 5) is 31.0. The number of pyridine rings is 1. The molecule has 0 atom stereocenters. The van der Waals surface area contributed by atoms with Crippen molar-refractivity contribution in [1.82, 2.24) is 4.98 Å². The molecule has 1 fully saturated rings. The first kappa shape index (κ1) is 15.8. The standard InChI is InChI=1S/C19H17N3O2S/c1-12-9-14(4-5-15(12)22-8-2-3-18(22)23)21-19(24)16-10-13-6-7-20-11-17(13)25-16/h4-7,9-11H,2-3,8H2,1H3,(H,21,24). The number of carbonyl (C=O) groups is 2. The Morgan fingerprint density at radius 2 is 2.16 bits per heavy atom. The minimum atomic E-state index is -0.134. The van der Waals surface area contributed by atoms with Crippen molar-refractivity contribution in [3.63, 3.8) is 0 Å². The number of hydrogen-bond acceptors (Lipinski definition) is 4. The molecule has 4 rings (SSSR count). The van der Waals surface area contributed by atoms with E-state index in [2.05, 4.69) is 10.3 Å². The van der Waals surface area contributed by atoms with Crippen LogP contribution in [0.4, 0.5) is 11.4 Å². The van der Waals surface area contributed by atoms with Crippen LogP contribution in [0.25, 0.3) is 10.1 Å². The highest BCUT2D eigenvalue weighted by Crippen LogP contribution is 2.29. The van der Waals surface area contributed by atoms with E-state index in [-0.39, 0.29) is 11.8 Å². The van der Waals surface area contributed by atoms with E-state index in [4.69, 9.17) is 0 Å². The van der Waals surface area contributed by atoms with E-state index in [1.54, 1.807) is 12.4 Å². The van der Waals surface area contributed by atoms with E-state index in [0.29, 0.717) is 11.3 Å². The number of benzene rings is 1. The third-order valence-corrected chi connectivity index (χ3v) is 5.45. The minimum absolute atomic E-state index is 0.134. The SMILES string of the molecule is Cc1cc(NC(=O)c2cc3ccncc3s2)ccc1N1CCCC1=O. The van der Waals surface area contributed by atoms with Crippen LogP contribution in [0.1, 0.15) is 28.1 Å². The van der Waals surface area contributed by atoms with Gasteiger partial charge in [-0.25, -0.2) is 0 Å². The second-order valence-electron chi connectivity index (χ2n) is 6.13. The van der Waals surface area contributed by atoms with Crippen molar-refractivity contribution in [2.75, 3.05) is 16.8 Å². The Morgan fingerprint density at radius 1 is 1.28 bits per heavy atom. The number of fused-ring (bicyclic) bond motifs is 1. The Bertz CT molecular complexity index is 947. The Balaban J connectivity index is 1.55. The molecule has 6 heteroatoms. The lowest BCUT2D eigenvalue weighted by Gasteiger charge is -2.19. The van der Waals surface area contributed by atoms with Crippen LogP contribution in [-0.4, -0.2) is 23.3 Å². The van der Waals surface area contributed by atoms with E-state index in [1.165, 1.54) is 11.3 Å². The number of thiophene rings is 1. The summed E-state index contributed by atoms with van der Waals surface area (Å²) >= 11 is 1.43. The van der Waals surface area contributed by atoms with Crippen molar-refractivity contribution >= 4 is 44.6 Å². The first-order chi connectivity index (χ1) is 12.1. The third kappa shape index (κ3) is 3.00. The smallest absolute Gasteiger partial charge is 0.265 e. The highest BCUT2D eigenvalue weighted by molar-refractivity contribution is 7.20. The van der Waals surface area contributed by atoms with Gasteiger partial charge in [0, 0.05) is 36.7 Å². The molecule has 2 aromatic heterocycles. The summed E-state index contributed by atoms with van der Waals surface area (Å²) in [5.41, 5.74) is 2.63. The van der Waals surface area contributed by atoms with Crippen molar-refractivity contribution in [2.45, 2.75) is 19.8 Å². The minimum Gasteiger partial charge on any atom is -0.321 e. The van der Waals surface area contributed by atoms with E-state index in [9.17, 15) is 9.59 Å². The van der Waals surface area contributed by atoms with Gasteiger partial charge in [0.25, 0.3) is 5.91 Å². The largest absolute Gasteiger partial charge is 0.321 e. The van der Waals surface area contributed by atoms with E-state index in [1.807, 2.05) is 42.2 Å². The lowest BCUT2D eigenvalue weighted by Crippen LogP contribution is -2.24. The zero-order valence-corrected chi connectivity index (χ0v) is 14.6. The van der Waals surface area contributed by atoms with Gasteiger partial charge in [0.1, 0.15) is 0 Å². The maximum absolute atomic E-state index is 12.5. The lowest BCUT2D eigenvalue weighted by molar-refractivity contribution is -0.117. The second-order valence-corrected chi connectivity index (χ2v) is 7.21. The number of nitrogens with zero attached hydrogens (tertiary/aromatic N) is 2. The van der Waals surface area contributed by atoms with Gasteiger partial charge in [0.15, 0.2) is 0 Å². The van der Waals surface area contributed by atoms with Crippen molar-refractivity contribution in [3.8, 4) is 0 Å². The summed E-state index contributed by atoms with van der Waals surface area (Å²) in [5, 5.41) is 3.95. The summed E-state index contributed by atoms with van der Waals surface area (Å²) in [7, 11) is 0. The average Bonchev–Trinajstić information content (AvgIpc) is 3.21. The summed E-state index contributed by atoms with van der Waals surface area (Å²) in [6.07, 6.45) is 5.00. The highest BCUT2D eigenvalue weighted by Gasteiger charge is 2.23. The molecule has 1 N–H and O–H groups in total.